The number of hydrogen-bond acceptors (Lipinski definition) is 5. The highest BCUT2D eigenvalue weighted by atomic mass is 16.5. The SMILES string of the molecule is COc1ccccc1C(=O)c1cc(C(=O)O)cc(OC)c1C(=O)O. The Morgan fingerprint density at radius 3 is 2.00 bits per heavy atom. The molecule has 0 heterocycles. The first-order valence-corrected chi connectivity index (χ1v) is 6.77. The van der Waals surface area contributed by atoms with Crippen LogP contribution in [-0.4, -0.2) is 42.2 Å². The van der Waals surface area contributed by atoms with Gasteiger partial charge in [-0.15, -0.1) is 0 Å². The van der Waals surface area contributed by atoms with Crippen LogP contribution in [0.3, 0.4) is 0 Å². The molecule has 0 aliphatic carbocycles. The zero-order valence-electron chi connectivity index (χ0n) is 12.9. The number of carbonyl (C=O) groups is 3. The minimum Gasteiger partial charge on any atom is -0.496 e. The quantitative estimate of drug-likeness (QED) is 0.782. The number of ether oxygens (including phenoxy) is 2. The Kier molecular flexibility index (Phi) is 4.84. The summed E-state index contributed by atoms with van der Waals surface area (Å²) < 4.78 is 10.1. The molecular weight excluding hydrogens is 316 g/mol. The van der Waals surface area contributed by atoms with Gasteiger partial charge in [-0.05, 0) is 24.3 Å². The number of aromatic carboxylic acids is 2. The number of carboxylic acid groups (broad SMARTS) is 2. The smallest absolute Gasteiger partial charge is 0.340 e. The van der Waals surface area contributed by atoms with E-state index in [1.54, 1.807) is 18.2 Å². The molecule has 0 saturated heterocycles. The summed E-state index contributed by atoms with van der Waals surface area (Å²) in [6.07, 6.45) is 0. The van der Waals surface area contributed by atoms with E-state index in [0.29, 0.717) is 0 Å². The topological polar surface area (TPSA) is 110 Å². The summed E-state index contributed by atoms with van der Waals surface area (Å²) in [5, 5.41) is 18.6. The Morgan fingerprint density at radius 1 is 0.833 bits per heavy atom. The van der Waals surface area contributed by atoms with Crippen LogP contribution in [0.15, 0.2) is 36.4 Å². The van der Waals surface area contributed by atoms with Gasteiger partial charge in [-0.3, -0.25) is 4.79 Å². The van der Waals surface area contributed by atoms with Crippen LogP contribution in [0.1, 0.15) is 36.6 Å². The molecule has 24 heavy (non-hydrogen) atoms. The molecule has 0 spiro atoms. The van der Waals surface area contributed by atoms with E-state index in [0.717, 1.165) is 12.1 Å². The molecule has 0 bridgehead atoms. The van der Waals surface area contributed by atoms with Gasteiger partial charge in [0.15, 0.2) is 5.78 Å². The van der Waals surface area contributed by atoms with Crippen LogP contribution in [0.25, 0.3) is 0 Å². The molecule has 2 rings (SSSR count). The second kappa shape index (κ2) is 6.82. The molecule has 0 unspecified atom stereocenters. The highest BCUT2D eigenvalue weighted by Crippen LogP contribution is 2.29. The fourth-order valence-electron chi connectivity index (χ4n) is 2.28. The van der Waals surface area contributed by atoms with Crippen molar-refractivity contribution in [3.05, 3.63) is 58.7 Å². The van der Waals surface area contributed by atoms with Crippen molar-refractivity contribution in [1.82, 2.24) is 0 Å². The van der Waals surface area contributed by atoms with Crippen molar-refractivity contribution in [1.29, 1.82) is 0 Å². The molecule has 2 N–H and O–H groups in total. The molecule has 0 aliphatic heterocycles. The van der Waals surface area contributed by atoms with Crippen molar-refractivity contribution in [2.45, 2.75) is 0 Å². The molecule has 7 heteroatoms. The number of methoxy groups -OCH3 is 2. The first-order valence-electron chi connectivity index (χ1n) is 6.77. The second-order valence-corrected chi connectivity index (χ2v) is 4.74. The predicted molar refractivity (Wildman–Crippen MR) is 83.3 cm³/mol. The van der Waals surface area contributed by atoms with Gasteiger partial charge in [-0.1, -0.05) is 12.1 Å². The number of ketones is 1. The summed E-state index contributed by atoms with van der Waals surface area (Å²) in [6.45, 7) is 0. The number of rotatable bonds is 6. The van der Waals surface area contributed by atoms with E-state index in [2.05, 4.69) is 0 Å². The van der Waals surface area contributed by atoms with Gasteiger partial charge >= 0.3 is 11.9 Å². The number of para-hydroxylation sites is 1. The Balaban J connectivity index is 2.75. The maximum atomic E-state index is 12.8. The Hall–Kier alpha value is -3.35. The molecule has 2 aromatic rings. The molecule has 0 radical (unpaired) electrons. The first-order chi connectivity index (χ1) is 11.4. The molecule has 0 aromatic heterocycles. The van der Waals surface area contributed by atoms with Gasteiger partial charge in [0.25, 0.3) is 0 Å². The second-order valence-electron chi connectivity index (χ2n) is 4.74. The van der Waals surface area contributed by atoms with Crippen LogP contribution in [0.4, 0.5) is 0 Å². The van der Waals surface area contributed by atoms with Crippen molar-refractivity contribution in [2.75, 3.05) is 14.2 Å². The van der Waals surface area contributed by atoms with Crippen LogP contribution >= 0.6 is 0 Å². The molecule has 0 aliphatic rings. The lowest BCUT2D eigenvalue weighted by atomic mass is 9.94. The van der Waals surface area contributed by atoms with Gasteiger partial charge in [0.1, 0.15) is 17.1 Å². The maximum absolute atomic E-state index is 12.8. The lowest BCUT2D eigenvalue weighted by Gasteiger charge is -2.13. The number of benzene rings is 2. The average Bonchev–Trinajstić information content (AvgIpc) is 2.59. The zero-order valence-corrected chi connectivity index (χ0v) is 12.9. The average molecular weight is 330 g/mol. The minimum atomic E-state index is -1.40. The summed E-state index contributed by atoms with van der Waals surface area (Å²) in [5.41, 5.74) is -0.829. The molecule has 7 nitrogen and oxygen atoms in total. The fourth-order valence-corrected chi connectivity index (χ4v) is 2.28. The number of carboxylic acids is 2. The Bertz CT molecular complexity index is 824. The third kappa shape index (κ3) is 3.05. The Morgan fingerprint density at radius 2 is 1.46 bits per heavy atom. The van der Waals surface area contributed by atoms with Gasteiger partial charge in [0.05, 0.1) is 25.3 Å². The van der Waals surface area contributed by atoms with Crippen molar-refractivity contribution in [2.24, 2.45) is 0 Å². The normalized spacial score (nSPS) is 10.1. The summed E-state index contributed by atoms with van der Waals surface area (Å²) in [5.74, 6) is -3.34. The van der Waals surface area contributed by atoms with E-state index in [1.165, 1.54) is 20.3 Å². The van der Waals surface area contributed by atoms with E-state index in [-0.39, 0.29) is 28.2 Å². The Labute approximate surface area is 137 Å². The third-order valence-corrected chi connectivity index (χ3v) is 3.38. The lowest BCUT2D eigenvalue weighted by Crippen LogP contribution is -2.14. The van der Waals surface area contributed by atoms with Crippen molar-refractivity contribution < 1.29 is 34.1 Å². The van der Waals surface area contributed by atoms with Crippen LogP contribution in [0.5, 0.6) is 11.5 Å². The predicted octanol–water partition coefficient (Wildman–Crippen LogP) is 2.33. The molecule has 124 valence electrons. The molecular formula is C17H14O7. The zero-order chi connectivity index (χ0) is 17.9. The highest BCUT2D eigenvalue weighted by molar-refractivity contribution is 6.17. The lowest BCUT2D eigenvalue weighted by molar-refractivity contribution is 0.0675. The van der Waals surface area contributed by atoms with Crippen molar-refractivity contribution >= 4 is 17.7 Å². The largest absolute Gasteiger partial charge is 0.496 e. The molecule has 2 aromatic carbocycles. The summed E-state index contributed by atoms with van der Waals surface area (Å²) in [7, 11) is 2.57. The number of hydrogen-bond donors (Lipinski definition) is 2. The molecule has 0 saturated carbocycles. The van der Waals surface area contributed by atoms with E-state index in [9.17, 15) is 24.6 Å². The van der Waals surface area contributed by atoms with E-state index in [1.807, 2.05) is 0 Å². The van der Waals surface area contributed by atoms with Crippen LogP contribution in [0, 0.1) is 0 Å². The fraction of sp³-hybridized carbons (Fsp3) is 0.118. The van der Waals surface area contributed by atoms with Crippen molar-refractivity contribution in [3.8, 4) is 11.5 Å². The van der Waals surface area contributed by atoms with Crippen LogP contribution in [0.2, 0.25) is 0 Å². The summed E-state index contributed by atoms with van der Waals surface area (Å²) in [4.78, 5) is 35.6. The number of carbonyl (C=O) groups excluding carboxylic acids is 1. The summed E-state index contributed by atoms with van der Waals surface area (Å²) in [6, 6.07) is 8.34. The van der Waals surface area contributed by atoms with Crippen molar-refractivity contribution in [3.63, 3.8) is 0 Å². The van der Waals surface area contributed by atoms with Gasteiger partial charge in [0, 0.05) is 5.56 Å². The van der Waals surface area contributed by atoms with Gasteiger partial charge in [0.2, 0.25) is 0 Å². The van der Waals surface area contributed by atoms with Crippen LogP contribution < -0.4 is 9.47 Å². The minimum absolute atomic E-state index is 0.118. The van der Waals surface area contributed by atoms with Crippen LogP contribution in [-0.2, 0) is 0 Å². The summed E-state index contributed by atoms with van der Waals surface area (Å²) >= 11 is 0. The highest BCUT2D eigenvalue weighted by Gasteiger charge is 2.26. The maximum Gasteiger partial charge on any atom is 0.340 e. The molecule has 0 fully saturated rings. The monoisotopic (exact) mass is 330 g/mol. The third-order valence-electron chi connectivity index (χ3n) is 3.38. The van der Waals surface area contributed by atoms with E-state index < -0.39 is 23.3 Å². The van der Waals surface area contributed by atoms with E-state index >= 15 is 0 Å². The van der Waals surface area contributed by atoms with E-state index in [4.69, 9.17) is 9.47 Å². The van der Waals surface area contributed by atoms with Gasteiger partial charge in [-0.2, -0.15) is 0 Å². The van der Waals surface area contributed by atoms with Gasteiger partial charge < -0.3 is 19.7 Å². The standard InChI is InChI=1S/C17H14O7/c1-23-12-6-4-3-5-10(12)15(18)11-7-9(16(19)20)8-13(24-2)14(11)17(21)22/h3-8H,1-2H3,(H,19,20)(H,21,22). The molecule has 0 atom stereocenters. The molecule has 0 amide bonds. The first kappa shape index (κ1) is 17.0. The van der Waals surface area contributed by atoms with Gasteiger partial charge in [-0.25, -0.2) is 9.59 Å².